The van der Waals surface area contributed by atoms with Crippen LogP contribution in [-0.4, -0.2) is 19.1 Å². The summed E-state index contributed by atoms with van der Waals surface area (Å²) in [7, 11) is 0. The van der Waals surface area contributed by atoms with Gasteiger partial charge < -0.3 is 4.57 Å². The second-order valence-electron chi connectivity index (χ2n) is 15.4. The summed E-state index contributed by atoms with van der Waals surface area (Å²) in [5.74, 6) is 0.655. The van der Waals surface area contributed by atoms with Crippen LogP contribution < -0.4 is 0 Å². The molecule has 0 aliphatic heterocycles. The Hall–Kier alpha value is -7.60. The van der Waals surface area contributed by atoms with Gasteiger partial charge in [-0.3, -0.25) is 4.57 Å². The van der Waals surface area contributed by atoms with E-state index in [1.165, 1.54) is 74.6 Å². The maximum Gasteiger partial charge on any atom is 0.235 e. The monoisotopic (exact) mass is 768 g/mol. The summed E-state index contributed by atoms with van der Waals surface area (Å²) in [4.78, 5) is 10.7. The number of thiophene rings is 1. The molecule has 0 spiro atoms. The first-order chi connectivity index (χ1) is 29.2. The van der Waals surface area contributed by atoms with E-state index >= 15 is 0 Å². The van der Waals surface area contributed by atoms with Gasteiger partial charge in [-0.15, -0.1) is 11.3 Å². The normalized spacial score (nSPS) is 12.1. The number of aromatic nitrogens is 4. The molecule has 13 rings (SSSR count). The van der Waals surface area contributed by atoms with Crippen molar-refractivity contribution in [1.29, 1.82) is 0 Å². The van der Waals surface area contributed by atoms with E-state index in [9.17, 15) is 0 Å². The van der Waals surface area contributed by atoms with Gasteiger partial charge in [0.2, 0.25) is 5.95 Å². The van der Waals surface area contributed by atoms with Crippen molar-refractivity contribution in [2.45, 2.75) is 0 Å². The van der Waals surface area contributed by atoms with E-state index in [-0.39, 0.29) is 0 Å². The lowest BCUT2D eigenvalue weighted by Gasteiger charge is -2.13. The lowest BCUT2D eigenvalue weighted by molar-refractivity contribution is 1.01. The van der Waals surface area contributed by atoms with Gasteiger partial charge in [0.25, 0.3) is 0 Å². The third-order valence-electron chi connectivity index (χ3n) is 12.1. The number of para-hydroxylation sites is 3. The molecule has 0 aliphatic rings. The van der Waals surface area contributed by atoms with Crippen LogP contribution in [0, 0.1) is 0 Å². The molecule has 0 unspecified atom stereocenters. The van der Waals surface area contributed by atoms with E-state index in [2.05, 4.69) is 203 Å². The first kappa shape index (κ1) is 32.5. The van der Waals surface area contributed by atoms with Gasteiger partial charge in [-0.05, 0) is 88.6 Å². The molecule has 0 atom stereocenters. The summed E-state index contributed by atoms with van der Waals surface area (Å²) in [6.45, 7) is 0. The van der Waals surface area contributed by atoms with Crippen LogP contribution in [-0.2, 0) is 0 Å². The highest BCUT2D eigenvalue weighted by Gasteiger charge is 2.19. The zero-order valence-electron chi connectivity index (χ0n) is 31.7. The average Bonchev–Trinajstić information content (AvgIpc) is 3.96. The highest BCUT2D eigenvalue weighted by Crippen LogP contribution is 2.40. The third kappa shape index (κ3) is 4.83. The average molecular weight is 769 g/mol. The lowest BCUT2D eigenvalue weighted by atomic mass is 10.0. The van der Waals surface area contributed by atoms with Gasteiger partial charge in [-0.1, -0.05) is 127 Å². The molecule has 0 N–H and O–H groups in total. The first-order valence-electron chi connectivity index (χ1n) is 20.0. The summed E-state index contributed by atoms with van der Waals surface area (Å²) in [6, 6.07) is 70.1. The zero-order valence-corrected chi connectivity index (χ0v) is 32.5. The van der Waals surface area contributed by atoms with Crippen LogP contribution >= 0.6 is 11.3 Å². The molecule has 5 heteroatoms. The van der Waals surface area contributed by atoms with E-state index in [0.717, 1.165) is 38.9 Å². The number of benzene rings is 9. The molecule has 0 amide bonds. The molecule has 0 radical (unpaired) electrons. The molecule has 4 aromatic heterocycles. The van der Waals surface area contributed by atoms with Gasteiger partial charge in [0.1, 0.15) is 0 Å². The number of rotatable bonds is 4. The molecule has 59 heavy (non-hydrogen) atoms. The minimum absolute atomic E-state index is 0.655. The highest BCUT2D eigenvalue weighted by atomic mass is 32.1. The Kier molecular flexibility index (Phi) is 6.85. The van der Waals surface area contributed by atoms with Crippen molar-refractivity contribution >= 4 is 96.8 Å². The van der Waals surface area contributed by atoms with Gasteiger partial charge in [0.05, 0.1) is 33.3 Å². The largest absolute Gasteiger partial charge is 0.309 e. The topological polar surface area (TPSA) is 35.6 Å². The molecule has 4 heterocycles. The van der Waals surface area contributed by atoms with Crippen LogP contribution in [0.2, 0.25) is 0 Å². The number of hydrogen-bond donors (Lipinski definition) is 0. The smallest absolute Gasteiger partial charge is 0.235 e. The van der Waals surface area contributed by atoms with Crippen molar-refractivity contribution < 1.29 is 0 Å². The highest BCUT2D eigenvalue weighted by molar-refractivity contribution is 7.25. The molecular weight excluding hydrogens is 737 g/mol. The minimum Gasteiger partial charge on any atom is -0.309 e. The summed E-state index contributed by atoms with van der Waals surface area (Å²) in [6.07, 6.45) is 0. The summed E-state index contributed by atoms with van der Waals surface area (Å²) >= 11 is 1.85. The molecule has 0 bridgehead atoms. The van der Waals surface area contributed by atoms with E-state index in [4.69, 9.17) is 9.97 Å². The Balaban J connectivity index is 0.965. The SMILES string of the molecule is c1ccc2c(c1)ccc1c2c2ccccc2n1-c1ccc(-c2nc(-n3c4ccccc4c4cc(-c5ccc6sc7ccccc7c6c5)ccc43)nc3ccccc23)cc1. The minimum atomic E-state index is 0.655. The summed E-state index contributed by atoms with van der Waals surface area (Å²) < 4.78 is 7.25. The Labute approximate surface area is 342 Å². The number of nitrogens with zero attached hydrogens (tertiary/aromatic N) is 4. The summed E-state index contributed by atoms with van der Waals surface area (Å²) in [5, 5.41) is 11.0. The molecule has 0 saturated carbocycles. The zero-order chi connectivity index (χ0) is 38.6. The van der Waals surface area contributed by atoms with Crippen LogP contribution in [0.1, 0.15) is 0 Å². The standard InChI is InChI=1S/C54H32N4S/c1-2-12-38-33(11-1)23-29-49-52(38)42-16-5-9-19-47(42)57(49)37-26-21-34(22-27-37)53-41-15-3-7-17-45(41)55-54(56-53)58-46-18-8-4-13-39(46)43-31-35(24-28-48(43)58)36-25-30-51-44(32-36)40-14-6-10-20-50(40)59-51/h1-32H. The van der Waals surface area contributed by atoms with Gasteiger partial charge in [0.15, 0.2) is 0 Å². The van der Waals surface area contributed by atoms with Crippen molar-refractivity contribution in [2.75, 3.05) is 0 Å². The van der Waals surface area contributed by atoms with Gasteiger partial charge in [0, 0.05) is 58.4 Å². The molecule has 274 valence electrons. The van der Waals surface area contributed by atoms with E-state index in [0.29, 0.717) is 5.95 Å². The lowest BCUT2D eigenvalue weighted by Crippen LogP contribution is -2.03. The van der Waals surface area contributed by atoms with Crippen LogP contribution in [0.3, 0.4) is 0 Å². The summed E-state index contributed by atoms with van der Waals surface area (Å²) in [5.41, 5.74) is 10.9. The molecule has 9 aromatic carbocycles. The van der Waals surface area contributed by atoms with Crippen molar-refractivity contribution in [3.8, 4) is 34.0 Å². The second kappa shape index (κ2) is 12.4. The van der Waals surface area contributed by atoms with E-state index in [1.54, 1.807) is 0 Å². The van der Waals surface area contributed by atoms with Crippen molar-refractivity contribution in [3.63, 3.8) is 0 Å². The van der Waals surface area contributed by atoms with Crippen molar-refractivity contribution in [1.82, 2.24) is 19.1 Å². The van der Waals surface area contributed by atoms with Crippen LogP contribution in [0.25, 0.3) is 119 Å². The van der Waals surface area contributed by atoms with Crippen molar-refractivity contribution in [3.05, 3.63) is 194 Å². The maximum absolute atomic E-state index is 5.42. The Morgan fingerprint density at radius 3 is 1.80 bits per heavy atom. The Morgan fingerprint density at radius 2 is 0.949 bits per heavy atom. The molecule has 0 saturated heterocycles. The first-order valence-corrected chi connectivity index (χ1v) is 20.8. The predicted molar refractivity (Wildman–Crippen MR) is 249 cm³/mol. The number of hydrogen-bond acceptors (Lipinski definition) is 3. The van der Waals surface area contributed by atoms with E-state index in [1.807, 2.05) is 11.3 Å². The van der Waals surface area contributed by atoms with Crippen molar-refractivity contribution in [2.24, 2.45) is 0 Å². The molecule has 13 aromatic rings. The number of fused-ring (bicyclic) bond motifs is 12. The third-order valence-corrected chi connectivity index (χ3v) is 13.3. The van der Waals surface area contributed by atoms with Gasteiger partial charge >= 0.3 is 0 Å². The molecule has 0 fully saturated rings. The van der Waals surface area contributed by atoms with E-state index < -0.39 is 0 Å². The fraction of sp³-hybridized carbons (Fsp3) is 0. The fourth-order valence-electron chi connectivity index (χ4n) is 9.44. The van der Waals surface area contributed by atoms with Crippen LogP contribution in [0.15, 0.2) is 194 Å². The molecule has 0 aliphatic carbocycles. The maximum atomic E-state index is 5.42. The Morgan fingerprint density at radius 1 is 0.356 bits per heavy atom. The van der Waals surface area contributed by atoms with Gasteiger partial charge in [-0.25, -0.2) is 9.97 Å². The quantitative estimate of drug-likeness (QED) is 0.179. The fourth-order valence-corrected chi connectivity index (χ4v) is 10.5. The predicted octanol–water partition coefficient (Wildman–Crippen LogP) is 14.7. The van der Waals surface area contributed by atoms with Crippen LogP contribution in [0.5, 0.6) is 0 Å². The molecular formula is C54H32N4S. The van der Waals surface area contributed by atoms with Gasteiger partial charge in [-0.2, -0.15) is 0 Å². The van der Waals surface area contributed by atoms with Crippen LogP contribution in [0.4, 0.5) is 0 Å². The second-order valence-corrected chi connectivity index (χ2v) is 16.4. The molecule has 4 nitrogen and oxygen atoms in total. The Bertz CT molecular complexity index is 3850.